The molecule has 1 fully saturated rings. The number of aromatic amines is 1. The number of anilines is 1. The molecule has 1 aromatic heterocycles. The van der Waals surface area contributed by atoms with Gasteiger partial charge in [0.25, 0.3) is 0 Å². The summed E-state index contributed by atoms with van der Waals surface area (Å²) >= 11 is 0. The summed E-state index contributed by atoms with van der Waals surface area (Å²) in [6, 6.07) is 12.8. The largest absolute Gasteiger partial charge is 0.494 e. The number of carbonyl (C=O) groups is 2. The number of aromatic nitrogens is 2. The number of hydrogen-bond acceptors (Lipinski definition) is 4. The van der Waals surface area contributed by atoms with E-state index >= 15 is 0 Å². The van der Waals surface area contributed by atoms with Crippen molar-refractivity contribution in [2.75, 3.05) is 11.9 Å². The Hall–Kier alpha value is -3.15. The highest BCUT2D eigenvalue weighted by molar-refractivity contribution is 5.94. The van der Waals surface area contributed by atoms with Gasteiger partial charge in [-0.2, -0.15) is 0 Å². The number of nitrogens with one attached hydrogen (secondary N) is 2. The molecular formula is C23H25N3O3. The number of imidazole rings is 1. The maximum Gasteiger partial charge on any atom is 0.224 e. The van der Waals surface area contributed by atoms with Crippen LogP contribution in [0.5, 0.6) is 5.75 Å². The van der Waals surface area contributed by atoms with Gasteiger partial charge in [0.15, 0.2) is 5.78 Å². The molecule has 6 nitrogen and oxygen atoms in total. The molecule has 0 spiro atoms. The minimum absolute atomic E-state index is 0.0285. The number of ketones is 1. The van der Waals surface area contributed by atoms with Crippen LogP contribution in [0.2, 0.25) is 0 Å². The molecule has 150 valence electrons. The van der Waals surface area contributed by atoms with Gasteiger partial charge >= 0.3 is 0 Å². The van der Waals surface area contributed by atoms with Crippen molar-refractivity contribution < 1.29 is 14.3 Å². The molecular weight excluding hydrogens is 366 g/mol. The average molecular weight is 391 g/mol. The summed E-state index contributed by atoms with van der Waals surface area (Å²) in [4.78, 5) is 31.5. The van der Waals surface area contributed by atoms with Gasteiger partial charge < -0.3 is 15.0 Å². The first-order chi connectivity index (χ1) is 14.1. The number of rotatable bonds is 8. The molecule has 0 unspecified atom stereocenters. The Morgan fingerprint density at radius 3 is 2.66 bits per heavy atom. The van der Waals surface area contributed by atoms with Gasteiger partial charge in [-0.1, -0.05) is 6.42 Å². The maximum atomic E-state index is 12.2. The quantitative estimate of drug-likeness (QED) is 0.425. The maximum absolute atomic E-state index is 12.2. The third-order valence-corrected chi connectivity index (χ3v) is 5.35. The average Bonchev–Trinajstić information content (AvgIpc) is 3.06. The molecule has 1 aliphatic carbocycles. The van der Waals surface area contributed by atoms with E-state index < -0.39 is 0 Å². The highest BCUT2D eigenvalue weighted by atomic mass is 16.5. The predicted molar refractivity (Wildman–Crippen MR) is 112 cm³/mol. The van der Waals surface area contributed by atoms with Crippen LogP contribution >= 0.6 is 0 Å². The van der Waals surface area contributed by atoms with Crippen molar-refractivity contribution in [2.24, 2.45) is 0 Å². The number of benzene rings is 2. The molecule has 6 heteroatoms. The van der Waals surface area contributed by atoms with Crippen molar-refractivity contribution >= 4 is 28.4 Å². The Bertz CT molecular complexity index is 1020. The topological polar surface area (TPSA) is 84.1 Å². The minimum atomic E-state index is -0.0430. The Kier molecular flexibility index (Phi) is 5.60. The van der Waals surface area contributed by atoms with Gasteiger partial charge in [0.1, 0.15) is 11.6 Å². The lowest BCUT2D eigenvalue weighted by atomic mass is 9.85. The molecule has 2 N–H and O–H groups in total. The minimum Gasteiger partial charge on any atom is -0.494 e. The van der Waals surface area contributed by atoms with Gasteiger partial charge in [-0.05, 0) is 68.7 Å². The number of carbonyl (C=O) groups excluding carboxylic acids is 2. The van der Waals surface area contributed by atoms with Crippen molar-refractivity contribution in [3.8, 4) is 5.75 Å². The lowest BCUT2D eigenvalue weighted by molar-refractivity contribution is -0.116. The Labute approximate surface area is 169 Å². The van der Waals surface area contributed by atoms with Crippen molar-refractivity contribution in [1.29, 1.82) is 0 Å². The standard InChI is InChI=1S/C23H25N3O3/c1-15(27)16-7-10-19(11-8-16)29-13-3-6-22(28)24-18-9-12-20-21(14-18)26-23(25-20)17-4-2-5-17/h7-12,14,17H,2-6,13H2,1H3,(H,24,28)(H,25,26). The van der Waals surface area contributed by atoms with Crippen LogP contribution in [0.3, 0.4) is 0 Å². The van der Waals surface area contributed by atoms with E-state index in [0.717, 1.165) is 22.5 Å². The van der Waals surface area contributed by atoms with E-state index in [-0.39, 0.29) is 11.7 Å². The molecule has 0 bridgehead atoms. The summed E-state index contributed by atoms with van der Waals surface area (Å²) in [5.41, 5.74) is 3.33. The second kappa shape index (κ2) is 8.47. The van der Waals surface area contributed by atoms with Gasteiger partial charge in [-0.25, -0.2) is 4.98 Å². The van der Waals surface area contributed by atoms with Crippen molar-refractivity contribution in [2.45, 2.75) is 44.9 Å². The van der Waals surface area contributed by atoms with Gasteiger partial charge in [0.05, 0.1) is 17.6 Å². The van der Waals surface area contributed by atoms with E-state index in [1.165, 1.54) is 26.2 Å². The molecule has 2 aromatic carbocycles. The van der Waals surface area contributed by atoms with Gasteiger partial charge in [0, 0.05) is 23.6 Å². The monoisotopic (exact) mass is 391 g/mol. The molecule has 0 atom stereocenters. The number of amides is 1. The zero-order chi connectivity index (χ0) is 20.2. The Morgan fingerprint density at radius 1 is 1.17 bits per heavy atom. The van der Waals surface area contributed by atoms with Gasteiger partial charge in [-0.3, -0.25) is 9.59 Å². The molecule has 4 rings (SSSR count). The summed E-state index contributed by atoms with van der Waals surface area (Å²) < 4.78 is 5.64. The van der Waals surface area contributed by atoms with E-state index in [1.54, 1.807) is 24.3 Å². The van der Waals surface area contributed by atoms with Crippen molar-refractivity contribution in [1.82, 2.24) is 9.97 Å². The smallest absolute Gasteiger partial charge is 0.224 e. The number of ether oxygens (including phenoxy) is 1. The number of fused-ring (bicyclic) bond motifs is 1. The second-order valence-electron chi connectivity index (χ2n) is 7.56. The number of hydrogen-bond donors (Lipinski definition) is 2. The summed E-state index contributed by atoms with van der Waals surface area (Å²) in [5.74, 6) is 2.30. The summed E-state index contributed by atoms with van der Waals surface area (Å²) in [5, 5.41) is 2.94. The van der Waals surface area contributed by atoms with Crippen LogP contribution in [0.25, 0.3) is 11.0 Å². The fraction of sp³-hybridized carbons (Fsp3) is 0.348. The molecule has 3 aromatic rings. The van der Waals surface area contributed by atoms with E-state index in [1.807, 2.05) is 18.2 Å². The zero-order valence-corrected chi connectivity index (χ0v) is 16.5. The van der Waals surface area contributed by atoms with Crippen LogP contribution in [0, 0.1) is 0 Å². The van der Waals surface area contributed by atoms with Gasteiger partial charge in [-0.15, -0.1) is 0 Å². The first-order valence-electron chi connectivity index (χ1n) is 10.1. The van der Waals surface area contributed by atoms with E-state index in [4.69, 9.17) is 4.74 Å². The Balaban J connectivity index is 1.24. The summed E-state index contributed by atoms with van der Waals surface area (Å²) in [6.07, 6.45) is 4.66. The van der Waals surface area contributed by atoms with E-state index in [2.05, 4.69) is 15.3 Å². The SMILES string of the molecule is CC(=O)c1ccc(OCCCC(=O)Nc2ccc3nc(C4CCC4)[nH]c3c2)cc1. The highest BCUT2D eigenvalue weighted by Gasteiger charge is 2.22. The molecule has 29 heavy (non-hydrogen) atoms. The highest BCUT2D eigenvalue weighted by Crippen LogP contribution is 2.35. The molecule has 1 amide bonds. The molecule has 0 radical (unpaired) electrons. The van der Waals surface area contributed by atoms with Crippen molar-refractivity contribution in [3.63, 3.8) is 0 Å². The number of Topliss-reactive ketones (excluding diaryl/α,β-unsaturated/α-hetero) is 1. The van der Waals surface area contributed by atoms with Crippen LogP contribution in [-0.2, 0) is 4.79 Å². The van der Waals surface area contributed by atoms with Crippen LogP contribution in [0.15, 0.2) is 42.5 Å². The second-order valence-corrected chi connectivity index (χ2v) is 7.56. The summed E-state index contributed by atoms with van der Waals surface area (Å²) in [7, 11) is 0. The third-order valence-electron chi connectivity index (χ3n) is 5.35. The zero-order valence-electron chi connectivity index (χ0n) is 16.5. The predicted octanol–water partition coefficient (Wildman–Crippen LogP) is 4.83. The Morgan fingerprint density at radius 2 is 1.97 bits per heavy atom. The number of H-pyrrole nitrogens is 1. The lowest BCUT2D eigenvalue weighted by Crippen LogP contribution is -2.12. The number of nitrogens with zero attached hydrogens (tertiary/aromatic N) is 1. The molecule has 0 saturated heterocycles. The fourth-order valence-electron chi connectivity index (χ4n) is 3.41. The van der Waals surface area contributed by atoms with Crippen LogP contribution in [0.4, 0.5) is 5.69 Å². The van der Waals surface area contributed by atoms with Gasteiger partial charge in [0.2, 0.25) is 5.91 Å². The van der Waals surface area contributed by atoms with E-state index in [0.29, 0.717) is 36.7 Å². The van der Waals surface area contributed by atoms with Crippen molar-refractivity contribution in [3.05, 3.63) is 53.9 Å². The third kappa shape index (κ3) is 4.65. The van der Waals surface area contributed by atoms with Crippen LogP contribution < -0.4 is 10.1 Å². The first kappa shape index (κ1) is 19.2. The molecule has 1 heterocycles. The summed E-state index contributed by atoms with van der Waals surface area (Å²) in [6.45, 7) is 1.98. The lowest BCUT2D eigenvalue weighted by Gasteiger charge is -2.22. The molecule has 0 aliphatic heterocycles. The molecule has 1 aliphatic rings. The van der Waals surface area contributed by atoms with Crippen LogP contribution in [-0.4, -0.2) is 28.3 Å². The molecule has 1 saturated carbocycles. The normalized spacial score (nSPS) is 13.8. The van der Waals surface area contributed by atoms with E-state index in [9.17, 15) is 9.59 Å². The first-order valence-corrected chi connectivity index (χ1v) is 10.1. The van der Waals surface area contributed by atoms with Crippen LogP contribution in [0.1, 0.15) is 61.1 Å². The fourth-order valence-corrected chi connectivity index (χ4v) is 3.41.